The van der Waals surface area contributed by atoms with Gasteiger partial charge in [-0.2, -0.15) is 5.06 Å². The molecule has 13 heavy (non-hydrogen) atoms. The first-order valence-corrected chi connectivity index (χ1v) is 4.16. The van der Waals surface area contributed by atoms with Gasteiger partial charge in [-0.3, -0.25) is 0 Å². The summed E-state index contributed by atoms with van der Waals surface area (Å²) >= 11 is 0. The van der Waals surface area contributed by atoms with Crippen molar-refractivity contribution in [3.05, 3.63) is 34.6 Å². The molecule has 0 unspecified atom stereocenters. The number of nitrogens with zero attached hydrogens (tertiary/aromatic N) is 1. The third-order valence-electron chi connectivity index (χ3n) is 2.06. The van der Waals surface area contributed by atoms with Crippen LogP contribution in [0.4, 0.5) is 4.39 Å². The number of aryl methyl sites for hydroxylation is 2. The van der Waals surface area contributed by atoms with Crippen LogP contribution >= 0.6 is 0 Å². The van der Waals surface area contributed by atoms with E-state index in [1.165, 1.54) is 13.1 Å². The molecule has 1 rings (SSSR count). The summed E-state index contributed by atoms with van der Waals surface area (Å²) in [5, 5.41) is 9.92. The zero-order valence-electron chi connectivity index (χ0n) is 8.13. The first kappa shape index (κ1) is 10.2. The van der Waals surface area contributed by atoms with E-state index < -0.39 is 0 Å². The molecule has 0 aliphatic carbocycles. The number of hydrogen-bond donors (Lipinski definition) is 1. The van der Waals surface area contributed by atoms with Crippen LogP contribution in [0, 0.1) is 19.7 Å². The van der Waals surface area contributed by atoms with Gasteiger partial charge in [0.15, 0.2) is 0 Å². The Morgan fingerprint density at radius 3 is 2.38 bits per heavy atom. The fraction of sp³-hybridized carbons (Fsp3) is 0.400. The molecule has 0 fully saturated rings. The maximum atomic E-state index is 13.3. The van der Waals surface area contributed by atoms with E-state index in [4.69, 9.17) is 5.21 Å². The minimum Gasteiger partial charge on any atom is -0.314 e. The molecule has 0 aliphatic rings. The highest BCUT2D eigenvalue weighted by Crippen LogP contribution is 2.15. The van der Waals surface area contributed by atoms with Crippen molar-refractivity contribution in [3.8, 4) is 0 Å². The SMILES string of the molecule is Cc1cc(F)c(CN(C)O)cc1C. The van der Waals surface area contributed by atoms with Gasteiger partial charge in [-0.05, 0) is 31.0 Å². The number of rotatable bonds is 2. The van der Waals surface area contributed by atoms with Crippen LogP contribution in [0.5, 0.6) is 0 Å². The summed E-state index contributed by atoms with van der Waals surface area (Å²) in [4.78, 5) is 0. The lowest BCUT2D eigenvalue weighted by Gasteiger charge is -2.10. The van der Waals surface area contributed by atoms with Crippen LogP contribution in [0.3, 0.4) is 0 Å². The van der Waals surface area contributed by atoms with Gasteiger partial charge in [0.1, 0.15) is 5.82 Å². The van der Waals surface area contributed by atoms with Gasteiger partial charge in [-0.25, -0.2) is 4.39 Å². The highest BCUT2D eigenvalue weighted by atomic mass is 19.1. The smallest absolute Gasteiger partial charge is 0.128 e. The first-order chi connectivity index (χ1) is 6.00. The lowest BCUT2D eigenvalue weighted by molar-refractivity contribution is -0.0738. The summed E-state index contributed by atoms with van der Waals surface area (Å²) in [6.45, 7) is 4.01. The van der Waals surface area contributed by atoms with Crippen LogP contribution in [-0.2, 0) is 6.54 Å². The van der Waals surface area contributed by atoms with Crippen LogP contribution in [0.25, 0.3) is 0 Å². The van der Waals surface area contributed by atoms with Crippen molar-refractivity contribution in [2.24, 2.45) is 0 Å². The van der Waals surface area contributed by atoms with Gasteiger partial charge in [-0.15, -0.1) is 0 Å². The highest BCUT2D eigenvalue weighted by Gasteiger charge is 2.06. The Morgan fingerprint density at radius 1 is 1.31 bits per heavy atom. The molecule has 0 radical (unpaired) electrons. The highest BCUT2D eigenvalue weighted by molar-refractivity contribution is 5.31. The van der Waals surface area contributed by atoms with Crippen molar-refractivity contribution in [2.45, 2.75) is 20.4 Å². The quantitative estimate of drug-likeness (QED) is 0.711. The number of benzene rings is 1. The molecule has 0 heterocycles. The van der Waals surface area contributed by atoms with E-state index in [2.05, 4.69) is 0 Å². The molecule has 2 nitrogen and oxygen atoms in total. The predicted octanol–water partition coefficient (Wildman–Crippen LogP) is 2.26. The van der Waals surface area contributed by atoms with E-state index in [1.54, 1.807) is 6.07 Å². The summed E-state index contributed by atoms with van der Waals surface area (Å²) < 4.78 is 13.3. The minimum atomic E-state index is -0.260. The molecule has 3 heteroatoms. The maximum Gasteiger partial charge on any atom is 0.128 e. The van der Waals surface area contributed by atoms with E-state index >= 15 is 0 Å². The molecule has 0 amide bonds. The van der Waals surface area contributed by atoms with Crippen LogP contribution in [-0.4, -0.2) is 17.3 Å². The molecule has 0 saturated heterocycles. The molecule has 0 saturated carbocycles. The minimum absolute atomic E-state index is 0.215. The van der Waals surface area contributed by atoms with E-state index in [9.17, 15) is 4.39 Å². The Morgan fingerprint density at radius 2 is 1.85 bits per heavy atom. The van der Waals surface area contributed by atoms with Gasteiger partial charge < -0.3 is 5.21 Å². The molecule has 0 bridgehead atoms. The van der Waals surface area contributed by atoms with Crippen LogP contribution in [0.1, 0.15) is 16.7 Å². The van der Waals surface area contributed by atoms with Crippen LogP contribution in [0.15, 0.2) is 12.1 Å². The van der Waals surface area contributed by atoms with Gasteiger partial charge >= 0.3 is 0 Å². The van der Waals surface area contributed by atoms with E-state index in [1.807, 2.05) is 13.8 Å². The number of hydrogen-bond acceptors (Lipinski definition) is 2. The zero-order valence-corrected chi connectivity index (χ0v) is 8.13. The summed E-state index contributed by atoms with van der Waals surface area (Å²) in [5.74, 6) is -0.260. The second kappa shape index (κ2) is 3.85. The molecule has 1 N–H and O–H groups in total. The molecule has 1 aromatic rings. The molecule has 0 aliphatic heterocycles. The summed E-state index contributed by atoms with van der Waals surface area (Å²) in [6, 6.07) is 3.26. The predicted molar refractivity (Wildman–Crippen MR) is 49.1 cm³/mol. The average molecular weight is 183 g/mol. The molecular formula is C10H14FNO. The molecular weight excluding hydrogens is 169 g/mol. The van der Waals surface area contributed by atoms with Gasteiger partial charge in [0.2, 0.25) is 0 Å². The van der Waals surface area contributed by atoms with E-state index in [0.717, 1.165) is 16.2 Å². The fourth-order valence-corrected chi connectivity index (χ4v) is 1.21. The molecule has 0 spiro atoms. The Kier molecular flexibility index (Phi) is 3.01. The normalized spacial score (nSPS) is 10.9. The van der Waals surface area contributed by atoms with Crippen molar-refractivity contribution < 1.29 is 9.60 Å². The standard InChI is InChI=1S/C10H14FNO/c1-7-4-9(6-12(3)13)10(11)5-8(7)2/h4-5,13H,6H2,1-3H3. The maximum absolute atomic E-state index is 13.3. The largest absolute Gasteiger partial charge is 0.314 e. The van der Waals surface area contributed by atoms with Gasteiger partial charge in [0, 0.05) is 12.6 Å². The number of hydroxylamine groups is 2. The summed E-state index contributed by atoms with van der Waals surface area (Å²) in [7, 11) is 1.49. The Labute approximate surface area is 77.6 Å². The second-order valence-corrected chi connectivity index (χ2v) is 3.34. The fourth-order valence-electron chi connectivity index (χ4n) is 1.21. The second-order valence-electron chi connectivity index (χ2n) is 3.34. The number of halogens is 1. The molecule has 72 valence electrons. The topological polar surface area (TPSA) is 23.5 Å². The molecule has 1 aromatic carbocycles. The zero-order chi connectivity index (χ0) is 10.0. The first-order valence-electron chi connectivity index (χ1n) is 4.16. The average Bonchev–Trinajstić information content (AvgIpc) is 1.99. The third-order valence-corrected chi connectivity index (χ3v) is 2.06. The van der Waals surface area contributed by atoms with Crippen molar-refractivity contribution >= 4 is 0 Å². The van der Waals surface area contributed by atoms with Crippen molar-refractivity contribution in [1.82, 2.24) is 5.06 Å². The summed E-state index contributed by atoms with van der Waals surface area (Å²) in [6.07, 6.45) is 0. The van der Waals surface area contributed by atoms with Gasteiger partial charge in [0.25, 0.3) is 0 Å². The van der Waals surface area contributed by atoms with Crippen molar-refractivity contribution in [1.29, 1.82) is 0 Å². The van der Waals surface area contributed by atoms with E-state index in [-0.39, 0.29) is 12.4 Å². The van der Waals surface area contributed by atoms with Gasteiger partial charge in [0.05, 0.1) is 6.54 Å². The monoisotopic (exact) mass is 183 g/mol. The van der Waals surface area contributed by atoms with Crippen LogP contribution < -0.4 is 0 Å². The summed E-state index contributed by atoms with van der Waals surface area (Å²) in [5.41, 5.74) is 2.49. The Hall–Kier alpha value is -0.930. The molecule has 0 aromatic heterocycles. The molecule has 0 atom stereocenters. The lowest BCUT2D eigenvalue weighted by atomic mass is 10.1. The van der Waals surface area contributed by atoms with Gasteiger partial charge in [-0.1, -0.05) is 6.07 Å². The van der Waals surface area contributed by atoms with Crippen molar-refractivity contribution in [3.63, 3.8) is 0 Å². The Balaban J connectivity index is 3.01. The third kappa shape index (κ3) is 2.50. The van der Waals surface area contributed by atoms with Crippen molar-refractivity contribution in [2.75, 3.05) is 7.05 Å². The Bertz CT molecular complexity index is 310. The lowest BCUT2D eigenvalue weighted by Crippen LogP contribution is -2.13. The van der Waals surface area contributed by atoms with E-state index in [0.29, 0.717) is 5.56 Å². The van der Waals surface area contributed by atoms with Crippen LogP contribution in [0.2, 0.25) is 0 Å².